The second kappa shape index (κ2) is 8.12. The molecule has 0 spiro atoms. The molecule has 3 aromatic carbocycles. The Labute approximate surface area is 190 Å². The molecule has 0 radical (unpaired) electrons. The van der Waals surface area contributed by atoms with Gasteiger partial charge in [-0.25, -0.2) is 0 Å². The van der Waals surface area contributed by atoms with Gasteiger partial charge in [0.25, 0.3) is 0 Å². The molecule has 3 aromatic rings. The Balaban J connectivity index is 1.45. The molecule has 1 fully saturated rings. The summed E-state index contributed by atoms with van der Waals surface area (Å²) in [6.07, 6.45) is 3.23. The number of rotatable bonds is 7. The monoisotopic (exact) mass is 426 g/mol. The number of aryl methyl sites for hydroxylation is 1. The average Bonchev–Trinajstić information content (AvgIpc) is 3.50. The molecular weight excluding hydrogens is 396 g/mol. The van der Waals surface area contributed by atoms with Crippen LogP contribution >= 0.6 is 0 Å². The quantitative estimate of drug-likeness (QED) is 0.426. The van der Waals surface area contributed by atoms with Crippen molar-refractivity contribution in [3.05, 3.63) is 82.9 Å². The minimum atomic E-state index is -0.375. The lowest BCUT2D eigenvalue weighted by molar-refractivity contribution is -0.120. The molecular formula is C29H30O3. The van der Waals surface area contributed by atoms with Crippen LogP contribution in [0.15, 0.2) is 60.7 Å². The van der Waals surface area contributed by atoms with E-state index in [1.165, 1.54) is 22.3 Å². The fraction of sp³-hybridized carbons (Fsp3) is 0.345. The molecule has 1 aliphatic carbocycles. The zero-order valence-electron chi connectivity index (χ0n) is 19.1. The van der Waals surface area contributed by atoms with Gasteiger partial charge >= 0.3 is 0 Å². The van der Waals surface area contributed by atoms with E-state index in [2.05, 4.69) is 63.2 Å². The molecule has 1 heterocycles. The number of benzene rings is 3. The molecule has 0 atom stereocenters. The van der Waals surface area contributed by atoms with E-state index in [0.29, 0.717) is 18.1 Å². The third-order valence-corrected chi connectivity index (χ3v) is 7.00. The Morgan fingerprint density at radius 2 is 1.72 bits per heavy atom. The van der Waals surface area contributed by atoms with Crippen LogP contribution in [0.5, 0.6) is 11.5 Å². The molecule has 0 aromatic heterocycles. The van der Waals surface area contributed by atoms with Gasteiger partial charge in [0, 0.05) is 6.42 Å². The van der Waals surface area contributed by atoms with Crippen molar-refractivity contribution in [1.82, 2.24) is 0 Å². The van der Waals surface area contributed by atoms with Crippen LogP contribution in [0.3, 0.4) is 0 Å². The second-order valence-electron chi connectivity index (χ2n) is 9.34. The van der Waals surface area contributed by atoms with Gasteiger partial charge in [0.05, 0.1) is 5.41 Å². The molecule has 5 rings (SSSR count). The molecule has 1 saturated carbocycles. The van der Waals surface area contributed by atoms with Gasteiger partial charge in [-0.15, -0.1) is 0 Å². The average molecular weight is 427 g/mol. The Kier molecular flexibility index (Phi) is 5.28. The van der Waals surface area contributed by atoms with Crippen LogP contribution in [0.25, 0.3) is 11.1 Å². The molecule has 0 saturated heterocycles. The van der Waals surface area contributed by atoms with E-state index in [9.17, 15) is 4.79 Å². The van der Waals surface area contributed by atoms with Crippen LogP contribution in [0.1, 0.15) is 61.8 Å². The first-order valence-corrected chi connectivity index (χ1v) is 11.7. The van der Waals surface area contributed by atoms with Crippen molar-refractivity contribution in [3.8, 4) is 22.6 Å². The topological polar surface area (TPSA) is 35.5 Å². The minimum absolute atomic E-state index is 0.254. The number of carbonyl (C=O) groups excluding carboxylic acids is 1. The van der Waals surface area contributed by atoms with Gasteiger partial charge in [0.2, 0.25) is 6.79 Å². The highest BCUT2D eigenvalue weighted by Gasteiger charge is 2.50. The molecule has 2 aliphatic rings. The summed E-state index contributed by atoms with van der Waals surface area (Å²) < 4.78 is 11.0. The number of ether oxygens (including phenoxy) is 2. The summed E-state index contributed by atoms with van der Waals surface area (Å²) in [7, 11) is 0. The largest absolute Gasteiger partial charge is 0.454 e. The number of ketones is 1. The molecule has 3 heteroatoms. The van der Waals surface area contributed by atoms with E-state index in [4.69, 9.17) is 9.47 Å². The fourth-order valence-electron chi connectivity index (χ4n) is 4.94. The number of carbonyl (C=O) groups is 1. The Bertz CT molecular complexity index is 1170. The highest BCUT2D eigenvalue weighted by Crippen LogP contribution is 2.51. The van der Waals surface area contributed by atoms with E-state index in [-0.39, 0.29) is 12.2 Å². The zero-order valence-corrected chi connectivity index (χ0v) is 19.1. The molecule has 0 bridgehead atoms. The zero-order chi connectivity index (χ0) is 22.3. The van der Waals surface area contributed by atoms with Crippen LogP contribution < -0.4 is 9.47 Å². The molecule has 0 unspecified atom stereocenters. The van der Waals surface area contributed by atoms with Crippen molar-refractivity contribution >= 4 is 5.78 Å². The lowest BCUT2D eigenvalue weighted by Gasteiger charge is -2.18. The van der Waals surface area contributed by atoms with Gasteiger partial charge in [-0.3, -0.25) is 4.79 Å². The maximum absolute atomic E-state index is 13.5. The van der Waals surface area contributed by atoms with Crippen LogP contribution in [0, 0.1) is 0 Å². The van der Waals surface area contributed by atoms with Crippen molar-refractivity contribution < 1.29 is 14.3 Å². The first-order valence-electron chi connectivity index (χ1n) is 11.7. The van der Waals surface area contributed by atoms with E-state index in [1.807, 2.05) is 18.2 Å². The van der Waals surface area contributed by atoms with Crippen molar-refractivity contribution in [1.29, 1.82) is 0 Å². The van der Waals surface area contributed by atoms with Crippen LogP contribution in [0.4, 0.5) is 0 Å². The van der Waals surface area contributed by atoms with E-state index >= 15 is 0 Å². The summed E-state index contributed by atoms with van der Waals surface area (Å²) >= 11 is 0. The molecule has 0 N–H and O–H groups in total. The molecule has 3 nitrogen and oxygen atoms in total. The summed E-state index contributed by atoms with van der Waals surface area (Å²) in [5.41, 5.74) is 6.99. The van der Waals surface area contributed by atoms with Gasteiger partial charge in [-0.05, 0) is 70.7 Å². The highest BCUT2D eigenvalue weighted by molar-refractivity contribution is 5.95. The van der Waals surface area contributed by atoms with Crippen molar-refractivity contribution in [2.24, 2.45) is 0 Å². The first-order chi connectivity index (χ1) is 15.5. The third-order valence-electron chi connectivity index (χ3n) is 7.00. The Morgan fingerprint density at radius 1 is 0.938 bits per heavy atom. The smallest absolute Gasteiger partial charge is 0.231 e. The molecule has 164 valence electrons. The summed E-state index contributed by atoms with van der Waals surface area (Å²) in [6.45, 7) is 6.92. The minimum Gasteiger partial charge on any atom is -0.454 e. The molecule has 0 amide bonds. The third kappa shape index (κ3) is 3.60. The standard InChI is InChI=1S/C29H30O3/c1-4-21-10-9-20(15-25(21)24-8-6-5-7-23(24)19(2)3)16-28(30)29(13-14-29)22-11-12-26-27(17-22)32-18-31-26/h5-12,15,17,19H,4,13-14,16,18H2,1-3H3. The SMILES string of the molecule is CCc1ccc(CC(=O)C2(c3ccc4c(c3)OCO4)CC2)cc1-c1ccccc1C(C)C. The number of hydrogen-bond acceptors (Lipinski definition) is 3. The van der Waals surface area contributed by atoms with Crippen molar-refractivity contribution in [2.45, 2.75) is 57.8 Å². The Morgan fingerprint density at radius 3 is 2.47 bits per heavy atom. The van der Waals surface area contributed by atoms with Crippen LogP contribution in [-0.2, 0) is 23.1 Å². The summed E-state index contributed by atoms with van der Waals surface area (Å²) in [6, 6.07) is 21.2. The predicted octanol–water partition coefficient (Wildman–Crippen LogP) is 6.61. The van der Waals surface area contributed by atoms with E-state index in [1.54, 1.807) is 0 Å². The highest BCUT2D eigenvalue weighted by atomic mass is 16.7. The lowest BCUT2D eigenvalue weighted by atomic mass is 9.85. The summed E-state index contributed by atoms with van der Waals surface area (Å²) in [5, 5.41) is 0. The van der Waals surface area contributed by atoms with Gasteiger partial charge in [0.1, 0.15) is 5.78 Å². The second-order valence-corrected chi connectivity index (χ2v) is 9.34. The van der Waals surface area contributed by atoms with Crippen molar-refractivity contribution in [2.75, 3.05) is 6.79 Å². The number of hydrogen-bond donors (Lipinski definition) is 0. The number of Topliss-reactive ketones (excluding diaryl/α,β-unsaturated/α-hetero) is 1. The fourth-order valence-corrected chi connectivity index (χ4v) is 4.94. The van der Waals surface area contributed by atoms with Crippen LogP contribution in [-0.4, -0.2) is 12.6 Å². The lowest BCUT2D eigenvalue weighted by Crippen LogP contribution is -2.22. The van der Waals surface area contributed by atoms with Gasteiger partial charge in [-0.2, -0.15) is 0 Å². The summed E-state index contributed by atoms with van der Waals surface area (Å²) in [4.78, 5) is 13.5. The van der Waals surface area contributed by atoms with Crippen molar-refractivity contribution in [3.63, 3.8) is 0 Å². The van der Waals surface area contributed by atoms with E-state index in [0.717, 1.165) is 41.9 Å². The van der Waals surface area contributed by atoms with E-state index < -0.39 is 0 Å². The van der Waals surface area contributed by atoms with Gasteiger partial charge in [-0.1, -0.05) is 69.3 Å². The predicted molar refractivity (Wildman–Crippen MR) is 128 cm³/mol. The Hall–Kier alpha value is -3.07. The van der Waals surface area contributed by atoms with Gasteiger partial charge < -0.3 is 9.47 Å². The molecule has 1 aliphatic heterocycles. The summed E-state index contributed by atoms with van der Waals surface area (Å²) in [5.74, 6) is 2.26. The normalized spacial score (nSPS) is 15.8. The van der Waals surface area contributed by atoms with Gasteiger partial charge in [0.15, 0.2) is 11.5 Å². The number of fused-ring (bicyclic) bond motifs is 1. The molecule has 32 heavy (non-hydrogen) atoms. The first kappa shape index (κ1) is 20.8. The maximum Gasteiger partial charge on any atom is 0.231 e. The maximum atomic E-state index is 13.5. The van der Waals surface area contributed by atoms with Crippen LogP contribution in [0.2, 0.25) is 0 Å².